The van der Waals surface area contributed by atoms with Gasteiger partial charge in [0.25, 0.3) is 5.56 Å². The van der Waals surface area contributed by atoms with E-state index in [1.165, 1.54) is 22.7 Å². The number of aryl methyl sites for hydroxylation is 2. The smallest absolute Gasteiger partial charge is 0.858 e. The molecule has 0 aliphatic heterocycles. The summed E-state index contributed by atoms with van der Waals surface area (Å²) in [4.78, 5) is 27.3. The van der Waals surface area contributed by atoms with E-state index >= 15 is 0 Å². The summed E-state index contributed by atoms with van der Waals surface area (Å²) in [6, 6.07) is 0. The number of nitrogens with zero attached hydrogens (tertiary/aromatic N) is 3. The van der Waals surface area contributed by atoms with Gasteiger partial charge in [0.2, 0.25) is 0 Å². The van der Waals surface area contributed by atoms with Crippen LogP contribution in [0.3, 0.4) is 0 Å². The Morgan fingerprint density at radius 2 is 1.71 bits per heavy atom. The van der Waals surface area contributed by atoms with E-state index in [1.54, 1.807) is 13.8 Å². The van der Waals surface area contributed by atoms with Crippen LogP contribution in [0.2, 0.25) is 0 Å². The van der Waals surface area contributed by atoms with Crippen LogP contribution in [0.5, 0.6) is 5.88 Å². The molecule has 0 fully saturated rings. The van der Waals surface area contributed by atoms with Crippen LogP contribution in [0.25, 0.3) is 29.8 Å². The van der Waals surface area contributed by atoms with E-state index in [0.717, 1.165) is 9.40 Å². The number of H-pyrrole nitrogens is 1. The Hall–Kier alpha value is -1.06. The summed E-state index contributed by atoms with van der Waals surface area (Å²) < 4.78 is 1.98. The minimum atomic E-state index is -0.268. The van der Waals surface area contributed by atoms with Gasteiger partial charge >= 0.3 is 29.6 Å². The molecule has 6 nitrogen and oxygen atoms in total. The Kier molecular flexibility index (Phi) is 3.53. The molecule has 0 aliphatic carbocycles. The molecule has 0 unspecified atom stereocenters. The zero-order valence-corrected chi connectivity index (χ0v) is 15.1. The van der Waals surface area contributed by atoms with Crippen LogP contribution in [0.15, 0.2) is 4.79 Å². The molecule has 100 valence electrons. The van der Waals surface area contributed by atoms with Gasteiger partial charge in [-0.1, -0.05) is 0 Å². The second-order valence-corrected chi connectivity index (χ2v) is 6.75. The third-order valence-corrected chi connectivity index (χ3v) is 5.44. The molecule has 9 heteroatoms. The molecule has 4 aromatic heterocycles. The molecule has 0 bridgehead atoms. The molecule has 0 saturated carbocycles. The summed E-state index contributed by atoms with van der Waals surface area (Å²) in [5.74, 6) is 0.716. The molecule has 4 rings (SSSR count). The third-order valence-electron chi connectivity index (χ3n) is 3.01. The standard InChI is InChI=1S/C12H8N4O2S2.Na/c1-3-13-6-5-7-9(11(18)16-4(2)14-7)20-12(5)19-8(6)10(17)15-3;/h1-2H3,(H,13,15,17)(H,14,16,18);/q;+1/p-1. The molecular weight excluding hydrogens is 319 g/mol. The Labute approximate surface area is 148 Å². The van der Waals surface area contributed by atoms with Gasteiger partial charge in [-0.2, -0.15) is 0 Å². The Morgan fingerprint density at radius 3 is 2.48 bits per heavy atom. The molecule has 1 N–H and O–H groups in total. The SMILES string of the molecule is Cc1nc([O-])c2sc3sc4c(=O)[nH]c(C)nc4c3c2n1.[Na+]. The normalized spacial score (nSPS) is 11.3. The van der Waals surface area contributed by atoms with E-state index in [-0.39, 0.29) is 41.0 Å². The zero-order valence-electron chi connectivity index (χ0n) is 11.5. The maximum absolute atomic E-state index is 12.0. The van der Waals surface area contributed by atoms with E-state index in [1.807, 2.05) is 0 Å². The molecule has 4 aromatic rings. The minimum absolute atomic E-state index is 0. The van der Waals surface area contributed by atoms with Crippen LogP contribution in [0.4, 0.5) is 0 Å². The number of aromatic amines is 1. The third kappa shape index (κ3) is 2.09. The molecule has 0 spiro atoms. The van der Waals surface area contributed by atoms with Crippen molar-refractivity contribution in [3.8, 4) is 5.88 Å². The van der Waals surface area contributed by atoms with E-state index in [9.17, 15) is 9.90 Å². The summed E-state index contributed by atoms with van der Waals surface area (Å²) in [5, 5.41) is 12.7. The van der Waals surface area contributed by atoms with E-state index in [2.05, 4.69) is 19.9 Å². The van der Waals surface area contributed by atoms with Gasteiger partial charge in [0.1, 0.15) is 16.3 Å². The van der Waals surface area contributed by atoms with E-state index < -0.39 is 0 Å². The number of fused-ring (bicyclic) bond motifs is 5. The van der Waals surface area contributed by atoms with Crippen LogP contribution in [0, 0.1) is 13.8 Å². The summed E-state index contributed by atoms with van der Waals surface area (Å²) in [6.45, 7) is 3.42. The Morgan fingerprint density at radius 1 is 1.05 bits per heavy atom. The van der Waals surface area contributed by atoms with Crippen molar-refractivity contribution in [2.75, 3.05) is 0 Å². The number of nitrogens with one attached hydrogen (secondary N) is 1. The minimum Gasteiger partial charge on any atom is -0.858 e. The zero-order chi connectivity index (χ0) is 14.0. The van der Waals surface area contributed by atoms with Crippen molar-refractivity contribution in [1.29, 1.82) is 0 Å². The van der Waals surface area contributed by atoms with Gasteiger partial charge in [-0.15, -0.1) is 22.7 Å². The summed E-state index contributed by atoms with van der Waals surface area (Å²) in [6.07, 6.45) is 0. The van der Waals surface area contributed by atoms with Crippen molar-refractivity contribution in [3.63, 3.8) is 0 Å². The average Bonchev–Trinajstić information content (AvgIpc) is 2.87. The number of hydrogen-bond acceptors (Lipinski definition) is 7. The first kappa shape index (κ1) is 14.9. The van der Waals surface area contributed by atoms with Gasteiger partial charge in [-0.3, -0.25) is 4.79 Å². The number of thiophene rings is 2. The number of hydrogen-bond donors (Lipinski definition) is 1. The van der Waals surface area contributed by atoms with Crippen molar-refractivity contribution in [2.24, 2.45) is 0 Å². The van der Waals surface area contributed by atoms with Crippen LogP contribution < -0.4 is 40.2 Å². The molecule has 21 heavy (non-hydrogen) atoms. The van der Waals surface area contributed by atoms with Gasteiger partial charge in [-0.25, -0.2) is 15.0 Å². The van der Waals surface area contributed by atoms with Gasteiger partial charge in [0.15, 0.2) is 0 Å². The summed E-state index contributed by atoms with van der Waals surface area (Å²) in [5.41, 5.74) is 1.07. The Balaban J connectivity index is 0.00000132. The maximum Gasteiger partial charge on any atom is 1.00 e. The average molecular weight is 326 g/mol. The summed E-state index contributed by atoms with van der Waals surface area (Å²) >= 11 is 2.67. The fraction of sp³-hybridized carbons (Fsp3) is 0.167. The van der Waals surface area contributed by atoms with Gasteiger partial charge in [0.05, 0.1) is 25.1 Å². The molecule has 0 atom stereocenters. The fourth-order valence-electron chi connectivity index (χ4n) is 2.25. The van der Waals surface area contributed by atoms with Crippen LogP contribution in [0.1, 0.15) is 11.6 Å². The number of aromatic nitrogens is 4. The predicted molar refractivity (Wildman–Crippen MR) is 77.6 cm³/mol. The maximum atomic E-state index is 12.0. The number of rotatable bonds is 0. The van der Waals surface area contributed by atoms with Gasteiger partial charge < -0.3 is 10.1 Å². The second-order valence-electron chi connectivity index (χ2n) is 4.45. The molecule has 0 saturated heterocycles. The van der Waals surface area contributed by atoms with Crippen LogP contribution in [-0.2, 0) is 0 Å². The van der Waals surface area contributed by atoms with Gasteiger partial charge in [0, 0.05) is 5.88 Å². The second kappa shape index (κ2) is 4.99. The van der Waals surface area contributed by atoms with Crippen molar-refractivity contribution in [2.45, 2.75) is 13.8 Å². The molecule has 0 aromatic carbocycles. The van der Waals surface area contributed by atoms with Crippen LogP contribution in [-0.4, -0.2) is 19.9 Å². The predicted octanol–water partition coefficient (Wildman–Crippen LogP) is -1.16. The monoisotopic (exact) mass is 326 g/mol. The van der Waals surface area contributed by atoms with E-state index in [4.69, 9.17) is 0 Å². The van der Waals surface area contributed by atoms with Crippen molar-refractivity contribution in [1.82, 2.24) is 19.9 Å². The molecular formula is C12H7N4NaO2S2. The largest absolute Gasteiger partial charge is 1.00 e. The van der Waals surface area contributed by atoms with Gasteiger partial charge in [-0.05, 0) is 13.8 Å². The molecule has 4 heterocycles. The first-order valence-corrected chi connectivity index (χ1v) is 7.45. The van der Waals surface area contributed by atoms with Crippen molar-refractivity contribution in [3.05, 3.63) is 22.0 Å². The molecule has 0 aliphatic rings. The summed E-state index contributed by atoms with van der Waals surface area (Å²) in [7, 11) is 0. The quantitative estimate of drug-likeness (QED) is 0.411. The van der Waals surface area contributed by atoms with Crippen LogP contribution >= 0.6 is 22.7 Å². The Bertz CT molecular complexity index is 1070. The topological polar surface area (TPSA) is 94.6 Å². The molecule has 0 amide bonds. The first-order valence-electron chi connectivity index (χ1n) is 5.82. The van der Waals surface area contributed by atoms with Crippen molar-refractivity contribution < 1.29 is 34.7 Å². The molecule has 0 radical (unpaired) electrons. The first-order chi connectivity index (χ1) is 9.54. The van der Waals surface area contributed by atoms with E-state index in [0.29, 0.717) is 32.1 Å². The fourth-order valence-corrected chi connectivity index (χ4v) is 4.64. The van der Waals surface area contributed by atoms with Crippen molar-refractivity contribution >= 4 is 52.5 Å².